The first-order valence-electron chi connectivity index (χ1n) is 8.74. The van der Waals surface area contributed by atoms with Crippen LogP contribution in [0, 0.1) is 10.1 Å². The second kappa shape index (κ2) is 8.36. The molecule has 8 nitrogen and oxygen atoms in total. The molecule has 0 saturated carbocycles. The number of thioether (sulfide) groups is 1. The van der Waals surface area contributed by atoms with E-state index in [1.165, 1.54) is 37.1 Å². The number of rotatable bonds is 5. The first-order chi connectivity index (χ1) is 13.8. The van der Waals surface area contributed by atoms with E-state index in [1.807, 2.05) is 44.2 Å². The molecule has 150 valence electrons. The van der Waals surface area contributed by atoms with Gasteiger partial charge in [0.1, 0.15) is 0 Å². The molecule has 1 aliphatic heterocycles. The van der Waals surface area contributed by atoms with Crippen molar-refractivity contribution in [2.24, 2.45) is 4.99 Å². The van der Waals surface area contributed by atoms with Crippen molar-refractivity contribution in [3.05, 3.63) is 63.0 Å². The summed E-state index contributed by atoms with van der Waals surface area (Å²) in [5.41, 5.74) is 0.592. The average molecular weight is 413 g/mol. The number of hydrogen-bond donors (Lipinski definition) is 1. The summed E-state index contributed by atoms with van der Waals surface area (Å²) in [7, 11) is 1.30. The predicted octanol–water partition coefficient (Wildman–Crippen LogP) is 4.32. The van der Waals surface area contributed by atoms with Crippen LogP contribution in [0.1, 0.15) is 19.4 Å². The molecule has 0 spiro atoms. The van der Waals surface area contributed by atoms with Gasteiger partial charge in [-0.15, -0.1) is 0 Å². The fourth-order valence-corrected chi connectivity index (χ4v) is 3.90. The molecule has 3 rings (SSSR count). The van der Waals surface area contributed by atoms with Gasteiger partial charge in [-0.05, 0) is 55.4 Å². The monoisotopic (exact) mass is 413 g/mol. The van der Waals surface area contributed by atoms with Gasteiger partial charge in [-0.25, -0.2) is 4.99 Å². The molecule has 1 N–H and O–H groups in total. The van der Waals surface area contributed by atoms with Gasteiger partial charge in [-0.3, -0.25) is 19.8 Å². The van der Waals surface area contributed by atoms with E-state index in [0.29, 0.717) is 15.6 Å². The highest BCUT2D eigenvalue weighted by molar-refractivity contribution is 8.18. The molecule has 1 aliphatic rings. The number of amides is 1. The number of phenolic OH excluding ortho intramolecular Hbond substituents is 1. The van der Waals surface area contributed by atoms with Gasteiger partial charge in [0.15, 0.2) is 10.9 Å². The summed E-state index contributed by atoms with van der Waals surface area (Å²) in [4.78, 5) is 30.0. The number of carbonyl (C=O) groups excluding carboxylic acids is 1. The highest BCUT2D eigenvalue weighted by Gasteiger charge is 2.35. The number of nitro groups is 1. The van der Waals surface area contributed by atoms with Crippen LogP contribution >= 0.6 is 11.8 Å². The van der Waals surface area contributed by atoms with Crippen molar-refractivity contribution in [3.8, 4) is 11.5 Å². The number of carbonyl (C=O) groups is 1. The Balaban J connectivity index is 2.04. The highest BCUT2D eigenvalue weighted by Crippen LogP contribution is 2.40. The molecule has 0 radical (unpaired) electrons. The second-order valence-electron chi connectivity index (χ2n) is 6.46. The Morgan fingerprint density at radius 1 is 1.28 bits per heavy atom. The molecule has 1 fully saturated rings. The van der Waals surface area contributed by atoms with E-state index >= 15 is 0 Å². The lowest BCUT2D eigenvalue weighted by molar-refractivity contribution is -0.386. The zero-order chi connectivity index (χ0) is 21.1. The maximum Gasteiger partial charge on any atom is 0.315 e. The zero-order valence-electron chi connectivity index (χ0n) is 16.0. The maximum absolute atomic E-state index is 12.9. The molecule has 0 bridgehead atoms. The second-order valence-corrected chi connectivity index (χ2v) is 7.47. The molecule has 2 aromatic rings. The van der Waals surface area contributed by atoms with Crippen LogP contribution in [0.15, 0.2) is 52.4 Å². The molecular formula is C20H19N3O5S. The van der Waals surface area contributed by atoms with Crippen molar-refractivity contribution in [1.29, 1.82) is 0 Å². The third-order valence-electron chi connectivity index (χ3n) is 4.13. The Morgan fingerprint density at radius 3 is 2.55 bits per heavy atom. The van der Waals surface area contributed by atoms with Crippen molar-refractivity contribution < 1.29 is 19.6 Å². The molecule has 0 aliphatic carbocycles. The topological polar surface area (TPSA) is 105 Å². The van der Waals surface area contributed by atoms with Crippen molar-refractivity contribution in [1.82, 2.24) is 4.90 Å². The van der Waals surface area contributed by atoms with Crippen LogP contribution in [-0.4, -0.2) is 39.2 Å². The third-order valence-corrected chi connectivity index (χ3v) is 5.11. The van der Waals surface area contributed by atoms with E-state index in [1.54, 1.807) is 4.90 Å². The molecule has 1 saturated heterocycles. The van der Waals surface area contributed by atoms with Crippen LogP contribution < -0.4 is 4.74 Å². The van der Waals surface area contributed by atoms with Crippen LogP contribution in [-0.2, 0) is 4.79 Å². The summed E-state index contributed by atoms with van der Waals surface area (Å²) in [5, 5.41) is 21.7. The minimum atomic E-state index is -0.702. The molecular weight excluding hydrogens is 394 g/mol. The summed E-state index contributed by atoms with van der Waals surface area (Å²) in [6, 6.07) is 11.8. The lowest BCUT2D eigenvalue weighted by Crippen LogP contribution is -2.35. The fourth-order valence-electron chi connectivity index (χ4n) is 2.78. The summed E-state index contributed by atoms with van der Waals surface area (Å²) < 4.78 is 5.02. The van der Waals surface area contributed by atoms with Crippen LogP contribution in [0.2, 0.25) is 0 Å². The molecule has 9 heteroatoms. The van der Waals surface area contributed by atoms with Crippen molar-refractivity contribution in [2.75, 3.05) is 7.11 Å². The standard InChI is InChI=1S/C20H19N3O5S/c1-12(2)22-19(25)17(29-20(22)21-14-7-5-4-6-8-14)11-13-9-15(23(26)27)18(24)16(10-13)28-3/h4-12,24H,1-3H3/b17-11+,21-20?. The predicted molar refractivity (Wildman–Crippen MR) is 112 cm³/mol. The van der Waals surface area contributed by atoms with E-state index in [4.69, 9.17) is 4.74 Å². The van der Waals surface area contributed by atoms with Gasteiger partial charge < -0.3 is 9.84 Å². The largest absolute Gasteiger partial charge is 0.500 e. The SMILES string of the molecule is COc1cc(/C=C2/SC(=Nc3ccccc3)N(C(C)C)C2=O)cc([N+](=O)[O-])c1O. The maximum atomic E-state index is 12.9. The number of aliphatic imine (C=N–C) groups is 1. The third kappa shape index (κ3) is 4.24. The van der Waals surface area contributed by atoms with Gasteiger partial charge in [0, 0.05) is 12.1 Å². The van der Waals surface area contributed by atoms with Gasteiger partial charge >= 0.3 is 5.69 Å². The van der Waals surface area contributed by atoms with Gasteiger partial charge in [-0.2, -0.15) is 0 Å². The number of phenols is 1. The van der Waals surface area contributed by atoms with E-state index in [-0.39, 0.29) is 17.7 Å². The van der Waals surface area contributed by atoms with E-state index in [0.717, 1.165) is 5.69 Å². The van der Waals surface area contributed by atoms with Gasteiger partial charge in [-0.1, -0.05) is 18.2 Å². The van der Waals surface area contributed by atoms with Crippen LogP contribution in [0.5, 0.6) is 11.5 Å². The minimum absolute atomic E-state index is 0.0413. The number of methoxy groups -OCH3 is 1. The average Bonchev–Trinajstić information content (AvgIpc) is 2.98. The molecule has 0 aromatic heterocycles. The molecule has 1 amide bonds. The van der Waals surface area contributed by atoms with Gasteiger partial charge in [0.25, 0.3) is 5.91 Å². The number of aromatic hydroxyl groups is 1. The number of nitro benzene ring substituents is 1. The minimum Gasteiger partial charge on any atom is -0.500 e. The summed E-state index contributed by atoms with van der Waals surface area (Å²) in [6.45, 7) is 3.77. The van der Waals surface area contributed by atoms with Crippen LogP contribution in [0.25, 0.3) is 6.08 Å². The van der Waals surface area contributed by atoms with Crippen LogP contribution in [0.4, 0.5) is 11.4 Å². The van der Waals surface area contributed by atoms with Gasteiger partial charge in [0.05, 0.1) is 22.6 Å². The number of benzene rings is 2. The lowest BCUT2D eigenvalue weighted by atomic mass is 10.1. The Morgan fingerprint density at radius 2 is 1.97 bits per heavy atom. The summed E-state index contributed by atoms with van der Waals surface area (Å²) in [5.74, 6) is -0.838. The molecule has 29 heavy (non-hydrogen) atoms. The lowest BCUT2D eigenvalue weighted by Gasteiger charge is -2.19. The zero-order valence-corrected chi connectivity index (χ0v) is 16.8. The van der Waals surface area contributed by atoms with Crippen molar-refractivity contribution >= 4 is 40.3 Å². The van der Waals surface area contributed by atoms with Crippen LogP contribution in [0.3, 0.4) is 0 Å². The summed E-state index contributed by atoms with van der Waals surface area (Å²) in [6.07, 6.45) is 1.53. The van der Waals surface area contributed by atoms with E-state index < -0.39 is 16.4 Å². The fraction of sp³-hybridized carbons (Fsp3) is 0.200. The summed E-state index contributed by atoms with van der Waals surface area (Å²) >= 11 is 1.19. The highest BCUT2D eigenvalue weighted by atomic mass is 32.2. The first-order valence-corrected chi connectivity index (χ1v) is 9.55. The first kappa shape index (κ1) is 20.4. The molecule has 2 aromatic carbocycles. The van der Waals surface area contributed by atoms with Gasteiger partial charge in [0.2, 0.25) is 5.75 Å². The quantitative estimate of drug-likeness (QED) is 0.445. The Labute approximate surface area is 171 Å². The Bertz CT molecular complexity index is 1020. The Kier molecular flexibility index (Phi) is 5.88. The van der Waals surface area contributed by atoms with Crippen molar-refractivity contribution in [2.45, 2.75) is 19.9 Å². The number of para-hydroxylation sites is 1. The Hall–Kier alpha value is -3.33. The molecule has 0 unspecified atom stereocenters. The van der Waals surface area contributed by atoms with Crippen molar-refractivity contribution in [3.63, 3.8) is 0 Å². The number of ether oxygens (including phenoxy) is 1. The van der Waals surface area contributed by atoms with E-state index in [2.05, 4.69) is 4.99 Å². The number of nitrogens with zero attached hydrogens (tertiary/aromatic N) is 3. The van der Waals surface area contributed by atoms with E-state index in [9.17, 15) is 20.0 Å². The smallest absolute Gasteiger partial charge is 0.315 e. The molecule has 0 atom stereocenters. The molecule has 1 heterocycles. The normalized spacial score (nSPS) is 16.8. The number of hydrogen-bond acceptors (Lipinski definition) is 7. The number of amidine groups is 1.